The molecule has 0 bridgehead atoms. The van der Waals surface area contributed by atoms with Crippen molar-refractivity contribution in [1.29, 1.82) is 0 Å². The van der Waals surface area contributed by atoms with E-state index >= 15 is 0 Å². The summed E-state index contributed by atoms with van der Waals surface area (Å²) in [5.41, 5.74) is 0.371. The van der Waals surface area contributed by atoms with Gasteiger partial charge in [0.15, 0.2) is 10.8 Å². The second-order valence-electron chi connectivity index (χ2n) is 7.56. The van der Waals surface area contributed by atoms with Crippen LogP contribution < -0.4 is 10.6 Å². The molecule has 4 heterocycles. The lowest BCUT2D eigenvalue weighted by Gasteiger charge is -2.49. The van der Waals surface area contributed by atoms with Crippen LogP contribution in [0, 0.1) is 0 Å². The van der Waals surface area contributed by atoms with E-state index in [4.69, 9.17) is 16.4 Å². The third kappa shape index (κ3) is 5.76. The van der Waals surface area contributed by atoms with E-state index in [0.29, 0.717) is 23.7 Å². The number of carbonyl (C=O) groups is 4. The Morgan fingerprint density at radius 1 is 1.38 bits per heavy atom. The van der Waals surface area contributed by atoms with Gasteiger partial charge in [0.25, 0.3) is 11.8 Å². The number of carboxylic acid groups (broad SMARTS) is 1. The van der Waals surface area contributed by atoms with Gasteiger partial charge in [0.1, 0.15) is 42.5 Å². The average Bonchev–Trinajstić information content (AvgIpc) is 3.51. The minimum absolute atomic E-state index is 0.0961. The second-order valence-corrected chi connectivity index (χ2v) is 10.8. The van der Waals surface area contributed by atoms with E-state index in [2.05, 4.69) is 31.2 Å². The van der Waals surface area contributed by atoms with Gasteiger partial charge in [-0.05, 0) is 22.7 Å². The fraction of sp³-hybridized carbons (Fsp3) is 0.444. The number of nitrogens with zero attached hydrogens (tertiary/aromatic N) is 7. The lowest BCUT2D eigenvalue weighted by atomic mass is 10.0. The molecule has 1 aromatic rings. The fourth-order valence-electron chi connectivity index (χ4n) is 3.46. The van der Waals surface area contributed by atoms with E-state index in [1.165, 1.54) is 41.1 Å². The molecule has 0 radical (unpaired) electrons. The summed E-state index contributed by atoms with van der Waals surface area (Å²) in [7, 11) is 3.00. The number of β-lactam (4-membered cyclic amide) rings is 1. The van der Waals surface area contributed by atoms with Crippen molar-refractivity contribution >= 4 is 81.2 Å². The van der Waals surface area contributed by atoms with Gasteiger partial charge in [0, 0.05) is 23.9 Å². The number of carboxylic acids is 1. The first kappa shape index (κ1) is 27.0. The van der Waals surface area contributed by atoms with Crippen LogP contribution in [-0.4, -0.2) is 103 Å². The summed E-state index contributed by atoms with van der Waals surface area (Å²) in [6, 6.07) is -0.974. The summed E-state index contributed by atoms with van der Waals surface area (Å²) in [4.78, 5) is 59.6. The van der Waals surface area contributed by atoms with E-state index in [0.717, 1.165) is 11.3 Å². The molecule has 3 aliphatic heterocycles. The number of hydrogen-bond acceptors (Lipinski definition) is 14. The SMILES string of the molecule is CO/N=C(\C(=O)NC1C(=O)N2C(C(=O)O)=C(CSN3CN(C)N=N3)CS[C@H]12)c1csc(NC(=O)CCl)n1. The predicted molar refractivity (Wildman–Crippen MR) is 136 cm³/mol. The zero-order chi connectivity index (χ0) is 26.7. The molecule has 19 heteroatoms. The number of amides is 3. The minimum atomic E-state index is -1.23. The number of thioether (sulfide) groups is 1. The maximum atomic E-state index is 13.0. The molecule has 3 aliphatic rings. The number of nitrogens with one attached hydrogen (secondary N) is 2. The van der Waals surface area contributed by atoms with Crippen LogP contribution in [0.2, 0.25) is 0 Å². The molecule has 0 saturated carbocycles. The van der Waals surface area contributed by atoms with E-state index in [-0.39, 0.29) is 28.1 Å². The van der Waals surface area contributed by atoms with Crippen molar-refractivity contribution in [3.8, 4) is 0 Å². The number of carbonyl (C=O) groups excluding carboxylic acids is 3. The Bertz CT molecular complexity index is 1210. The van der Waals surface area contributed by atoms with Gasteiger partial charge >= 0.3 is 5.97 Å². The number of hydrogen-bond donors (Lipinski definition) is 3. The second kappa shape index (κ2) is 11.5. The van der Waals surface area contributed by atoms with Crippen LogP contribution in [0.3, 0.4) is 0 Å². The van der Waals surface area contributed by atoms with Crippen molar-refractivity contribution in [2.45, 2.75) is 11.4 Å². The Morgan fingerprint density at radius 2 is 2.16 bits per heavy atom. The molecule has 37 heavy (non-hydrogen) atoms. The molecule has 1 fully saturated rings. The largest absolute Gasteiger partial charge is 0.477 e. The van der Waals surface area contributed by atoms with E-state index < -0.39 is 35.1 Å². The van der Waals surface area contributed by atoms with Crippen LogP contribution in [0.1, 0.15) is 5.69 Å². The minimum Gasteiger partial charge on any atom is -0.477 e. The van der Waals surface area contributed by atoms with Crippen molar-refractivity contribution in [2.75, 3.05) is 43.5 Å². The van der Waals surface area contributed by atoms with Gasteiger partial charge in [0.05, 0.1) is 0 Å². The molecule has 3 N–H and O–H groups in total. The maximum absolute atomic E-state index is 13.0. The molecule has 4 rings (SSSR count). The average molecular weight is 590 g/mol. The molecular formula is C18H20ClN9O6S3. The highest BCUT2D eigenvalue weighted by Gasteiger charge is 2.54. The fourth-order valence-corrected chi connectivity index (χ4v) is 6.59. The molecule has 15 nitrogen and oxygen atoms in total. The molecule has 0 aromatic carbocycles. The molecule has 0 spiro atoms. The normalized spacial score (nSPS) is 21.1. The first-order chi connectivity index (χ1) is 17.7. The molecule has 1 unspecified atom stereocenters. The Labute approximate surface area is 227 Å². The lowest BCUT2D eigenvalue weighted by molar-refractivity contribution is -0.150. The van der Waals surface area contributed by atoms with Crippen molar-refractivity contribution in [2.24, 2.45) is 15.6 Å². The van der Waals surface area contributed by atoms with Crippen molar-refractivity contribution in [3.63, 3.8) is 0 Å². The van der Waals surface area contributed by atoms with Gasteiger partial charge in [-0.1, -0.05) is 10.4 Å². The third-order valence-electron chi connectivity index (χ3n) is 5.05. The van der Waals surface area contributed by atoms with Crippen LogP contribution in [0.25, 0.3) is 0 Å². The number of aliphatic carboxylic acids is 1. The van der Waals surface area contributed by atoms with Gasteiger partial charge in [-0.2, -0.15) is 4.41 Å². The highest BCUT2D eigenvalue weighted by molar-refractivity contribution is 8.00. The van der Waals surface area contributed by atoms with Crippen LogP contribution in [-0.2, 0) is 24.0 Å². The molecular weight excluding hydrogens is 570 g/mol. The Kier molecular flexibility index (Phi) is 8.40. The molecule has 2 atom stereocenters. The summed E-state index contributed by atoms with van der Waals surface area (Å²) in [6.07, 6.45) is 0. The smallest absolute Gasteiger partial charge is 0.352 e. The maximum Gasteiger partial charge on any atom is 0.352 e. The number of aromatic nitrogens is 1. The third-order valence-corrected chi connectivity index (χ3v) is 8.36. The Morgan fingerprint density at radius 3 is 2.81 bits per heavy atom. The molecule has 198 valence electrons. The molecule has 1 aromatic heterocycles. The number of alkyl halides is 1. The summed E-state index contributed by atoms with van der Waals surface area (Å²) in [5.74, 6) is -2.60. The summed E-state index contributed by atoms with van der Waals surface area (Å²) >= 11 is 9.16. The van der Waals surface area contributed by atoms with Gasteiger partial charge in [-0.25, -0.2) is 9.78 Å². The van der Waals surface area contributed by atoms with Gasteiger partial charge in [-0.15, -0.1) is 34.7 Å². The number of oxime groups is 1. The Balaban J connectivity index is 1.44. The first-order valence-electron chi connectivity index (χ1n) is 10.4. The van der Waals surface area contributed by atoms with Gasteiger partial charge < -0.3 is 20.6 Å². The highest BCUT2D eigenvalue weighted by atomic mass is 35.5. The summed E-state index contributed by atoms with van der Waals surface area (Å²) in [6.45, 7) is 0.456. The first-order valence-corrected chi connectivity index (χ1v) is 13.8. The molecule has 1 saturated heterocycles. The highest BCUT2D eigenvalue weighted by Crippen LogP contribution is 2.41. The van der Waals surface area contributed by atoms with Crippen molar-refractivity contribution in [3.05, 3.63) is 22.3 Å². The standard InChI is InChI=1S/C18H20ClN9O6S3/c1-26-7-27(25-24-26)37-5-8-4-35-16-12(15(31)28(16)13(8)17(32)33)22-14(30)11(23-34-2)9-6-36-18(20-9)21-10(29)3-19/h6,12,16H,3-5,7H2,1-2H3,(H,22,30)(H,32,33)(H,20,21,29)/b23-11-/t12?,16-/m1/s1. The number of halogens is 1. The number of anilines is 1. The quantitative estimate of drug-likeness (QED) is 0.114. The topological polar surface area (TPSA) is 181 Å². The van der Waals surface area contributed by atoms with E-state index in [9.17, 15) is 24.3 Å². The predicted octanol–water partition coefficient (Wildman–Crippen LogP) is 0.545. The monoisotopic (exact) mass is 589 g/mol. The van der Waals surface area contributed by atoms with Gasteiger partial charge in [0.2, 0.25) is 5.91 Å². The van der Waals surface area contributed by atoms with E-state index in [1.54, 1.807) is 16.5 Å². The van der Waals surface area contributed by atoms with Crippen molar-refractivity contribution < 1.29 is 29.1 Å². The number of thiazole rings is 1. The Hall–Kier alpha value is -3.09. The van der Waals surface area contributed by atoms with Gasteiger partial charge in [-0.3, -0.25) is 24.3 Å². The molecule has 0 aliphatic carbocycles. The van der Waals surface area contributed by atoms with Crippen LogP contribution >= 0.6 is 46.6 Å². The zero-order valence-corrected chi connectivity index (χ0v) is 22.5. The molecule has 3 amide bonds. The van der Waals surface area contributed by atoms with Crippen LogP contribution in [0.5, 0.6) is 0 Å². The van der Waals surface area contributed by atoms with Crippen LogP contribution in [0.15, 0.2) is 32.3 Å². The summed E-state index contributed by atoms with van der Waals surface area (Å²) in [5, 5.41) is 29.1. The van der Waals surface area contributed by atoms with E-state index in [1.807, 2.05) is 0 Å². The summed E-state index contributed by atoms with van der Waals surface area (Å²) < 4.78 is 1.62. The van der Waals surface area contributed by atoms with Crippen molar-refractivity contribution in [1.82, 2.24) is 24.6 Å². The number of fused-ring (bicyclic) bond motifs is 1. The zero-order valence-electron chi connectivity index (χ0n) is 19.3. The van der Waals surface area contributed by atoms with Crippen LogP contribution in [0.4, 0.5) is 5.13 Å². The lowest BCUT2D eigenvalue weighted by Crippen LogP contribution is -2.71. The number of rotatable bonds is 10.